The van der Waals surface area contributed by atoms with Crippen LogP contribution in [0.15, 0.2) is 0 Å². The minimum Gasteiger partial charge on any atom is -0.480 e. The Kier molecular flexibility index (Phi) is 5.88. The molecule has 0 bridgehead atoms. The van der Waals surface area contributed by atoms with Gasteiger partial charge in [-0.2, -0.15) is 0 Å². The van der Waals surface area contributed by atoms with E-state index >= 15 is 0 Å². The second kappa shape index (κ2) is 6.93. The van der Waals surface area contributed by atoms with Crippen molar-refractivity contribution in [3.63, 3.8) is 0 Å². The van der Waals surface area contributed by atoms with Crippen LogP contribution in [-0.4, -0.2) is 60.9 Å². The molecular formula is C12H24N2O3. The van der Waals surface area contributed by atoms with Crippen molar-refractivity contribution < 1.29 is 14.6 Å². The van der Waals surface area contributed by atoms with Crippen LogP contribution in [0.25, 0.3) is 0 Å². The van der Waals surface area contributed by atoms with E-state index < -0.39 is 12.0 Å². The number of carboxylic acid groups (broad SMARTS) is 1. The Hall–Kier alpha value is -0.650. The molecule has 1 aliphatic rings. The van der Waals surface area contributed by atoms with Gasteiger partial charge in [-0.1, -0.05) is 6.92 Å². The monoisotopic (exact) mass is 244 g/mol. The van der Waals surface area contributed by atoms with Crippen molar-refractivity contribution in [3.8, 4) is 0 Å². The molecule has 1 saturated heterocycles. The van der Waals surface area contributed by atoms with Crippen LogP contribution in [0.3, 0.4) is 0 Å². The third-order valence-corrected chi connectivity index (χ3v) is 3.40. The fourth-order valence-corrected chi connectivity index (χ4v) is 2.25. The lowest BCUT2D eigenvalue weighted by atomic mass is 10.1. The van der Waals surface area contributed by atoms with Crippen molar-refractivity contribution in [2.45, 2.75) is 44.9 Å². The molecule has 5 heteroatoms. The molecule has 3 unspecified atom stereocenters. The predicted molar refractivity (Wildman–Crippen MR) is 66.2 cm³/mol. The van der Waals surface area contributed by atoms with Crippen molar-refractivity contribution in [1.82, 2.24) is 10.2 Å². The van der Waals surface area contributed by atoms with E-state index in [1.807, 2.05) is 0 Å². The SMILES string of the molecule is CCC1COC(C)CN1CCC(NC)C(=O)O. The number of hydrogen-bond donors (Lipinski definition) is 2. The number of morpholine rings is 1. The average Bonchev–Trinajstić information content (AvgIpc) is 2.29. The topological polar surface area (TPSA) is 61.8 Å². The molecule has 1 rings (SSSR count). The van der Waals surface area contributed by atoms with Crippen LogP contribution < -0.4 is 5.32 Å². The van der Waals surface area contributed by atoms with Crippen LogP contribution in [0.4, 0.5) is 0 Å². The number of nitrogens with zero attached hydrogens (tertiary/aromatic N) is 1. The van der Waals surface area contributed by atoms with Crippen molar-refractivity contribution in [1.29, 1.82) is 0 Å². The zero-order valence-electron chi connectivity index (χ0n) is 11.0. The van der Waals surface area contributed by atoms with Gasteiger partial charge in [0, 0.05) is 19.1 Å². The third kappa shape index (κ3) is 4.26. The molecule has 0 saturated carbocycles. The van der Waals surface area contributed by atoms with Gasteiger partial charge in [-0.15, -0.1) is 0 Å². The molecule has 1 aliphatic heterocycles. The van der Waals surface area contributed by atoms with E-state index in [1.165, 1.54) is 0 Å². The van der Waals surface area contributed by atoms with Crippen molar-refractivity contribution in [3.05, 3.63) is 0 Å². The summed E-state index contributed by atoms with van der Waals surface area (Å²) in [6.45, 7) is 6.67. The summed E-state index contributed by atoms with van der Waals surface area (Å²) in [6, 6.07) is -0.0249. The highest BCUT2D eigenvalue weighted by Crippen LogP contribution is 2.15. The van der Waals surface area contributed by atoms with Crippen LogP contribution in [0.2, 0.25) is 0 Å². The lowest BCUT2D eigenvalue weighted by Gasteiger charge is -2.38. The molecule has 0 spiro atoms. The maximum atomic E-state index is 10.9. The molecule has 0 aliphatic carbocycles. The fourth-order valence-electron chi connectivity index (χ4n) is 2.25. The van der Waals surface area contributed by atoms with Crippen LogP contribution >= 0.6 is 0 Å². The van der Waals surface area contributed by atoms with Gasteiger partial charge in [0.05, 0.1) is 12.7 Å². The smallest absolute Gasteiger partial charge is 0.320 e. The molecule has 0 amide bonds. The molecule has 3 atom stereocenters. The number of aliphatic carboxylic acids is 1. The van der Waals surface area contributed by atoms with Crippen LogP contribution in [0.5, 0.6) is 0 Å². The van der Waals surface area contributed by atoms with Crippen LogP contribution in [-0.2, 0) is 9.53 Å². The molecule has 0 aromatic carbocycles. The van der Waals surface area contributed by atoms with E-state index in [-0.39, 0.29) is 6.10 Å². The number of carbonyl (C=O) groups is 1. The Labute approximate surface area is 103 Å². The Morgan fingerprint density at radius 2 is 2.35 bits per heavy atom. The fraction of sp³-hybridized carbons (Fsp3) is 0.917. The van der Waals surface area contributed by atoms with E-state index in [4.69, 9.17) is 9.84 Å². The molecule has 1 fully saturated rings. The summed E-state index contributed by atoms with van der Waals surface area (Å²) >= 11 is 0. The Bertz CT molecular complexity index is 248. The maximum absolute atomic E-state index is 10.9. The number of nitrogens with one attached hydrogen (secondary N) is 1. The van der Waals surface area contributed by atoms with E-state index in [0.29, 0.717) is 12.5 Å². The predicted octanol–water partition coefficient (Wildman–Crippen LogP) is 0.548. The van der Waals surface area contributed by atoms with Gasteiger partial charge in [0.25, 0.3) is 0 Å². The molecule has 0 aromatic rings. The average molecular weight is 244 g/mol. The van der Waals surface area contributed by atoms with Gasteiger partial charge >= 0.3 is 5.97 Å². The number of hydrogen-bond acceptors (Lipinski definition) is 4. The largest absolute Gasteiger partial charge is 0.480 e. The van der Waals surface area contributed by atoms with Crippen molar-refractivity contribution >= 4 is 5.97 Å². The number of rotatable bonds is 6. The summed E-state index contributed by atoms with van der Waals surface area (Å²) in [5.74, 6) is -0.776. The van der Waals surface area contributed by atoms with E-state index in [9.17, 15) is 4.79 Å². The van der Waals surface area contributed by atoms with Crippen molar-refractivity contribution in [2.75, 3.05) is 26.7 Å². The number of likely N-dealkylation sites (N-methyl/N-ethyl adjacent to an activating group) is 1. The molecule has 17 heavy (non-hydrogen) atoms. The van der Waals surface area contributed by atoms with Crippen LogP contribution in [0.1, 0.15) is 26.7 Å². The lowest BCUT2D eigenvalue weighted by Crippen LogP contribution is -2.50. The van der Waals surface area contributed by atoms with E-state index in [0.717, 1.165) is 26.1 Å². The summed E-state index contributed by atoms with van der Waals surface area (Å²) in [4.78, 5) is 13.3. The first-order valence-electron chi connectivity index (χ1n) is 6.34. The summed E-state index contributed by atoms with van der Waals surface area (Å²) in [7, 11) is 1.69. The lowest BCUT2D eigenvalue weighted by molar-refractivity contribution is -0.139. The second-order valence-electron chi connectivity index (χ2n) is 4.67. The Balaban J connectivity index is 2.44. The zero-order chi connectivity index (χ0) is 12.8. The minimum absolute atomic E-state index is 0.246. The molecule has 5 nitrogen and oxygen atoms in total. The summed E-state index contributed by atoms with van der Waals surface area (Å²) in [5.41, 5.74) is 0. The Morgan fingerprint density at radius 3 is 2.88 bits per heavy atom. The summed E-state index contributed by atoms with van der Waals surface area (Å²) < 4.78 is 5.62. The van der Waals surface area contributed by atoms with Gasteiger partial charge in [-0.05, 0) is 26.8 Å². The zero-order valence-corrected chi connectivity index (χ0v) is 11.0. The van der Waals surface area contributed by atoms with Gasteiger partial charge in [0.15, 0.2) is 0 Å². The highest BCUT2D eigenvalue weighted by molar-refractivity contribution is 5.73. The van der Waals surface area contributed by atoms with E-state index in [1.54, 1.807) is 7.05 Å². The highest BCUT2D eigenvalue weighted by atomic mass is 16.5. The van der Waals surface area contributed by atoms with Gasteiger partial charge in [0.1, 0.15) is 6.04 Å². The molecule has 100 valence electrons. The first kappa shape index (κ1) is 14.4. The highest BCUT2D eigenvalue weighted by Gasteiger charge is 2.26. The van der Waals surface area contributed by atoms with Gasteiger partial charge in [-0.3, -0.25) is 9.69 Å². The molecular weight excluding hydrogens is 220 g/mol. The first-order valence-corrected chi connectivity index (χ1v) is 6.34. The number of carboxylic acids is 1. The molecule has 1 heterocycles. The maximum Gasteiger partial charge on any atom is 0.320 e. The Morgan fingerprint density at radius 1 is 1.65 bits per heavy atom. The molecule has 0 radical (unpaired) electrons. The van der Waals surface area contributed by atoms with Gasteiger partial charge in [0.2, 0.25) is 0 Å². The van der Waals surface area contributed by atoms with Crippen LogP contribution in [0, 0.1) is 0 Å². The normalized spacial score (nSPS) is 27.9. The standard InChI is InChI=1S/C12H24N2O3/c1-4-10-8-17-9(2)7-14(10)6-5-11(13-3)12(15)16/h9-11,13H,4-8H2,1-3H3,(H,15,16). The van der Waals surface area contributed by atoms with Crippen molar-refractivity contribution in [2.24, 2.45) is 0 Å². The first-order chi connectivity index (χ1) is 8.08. The third-order valence-electron chi connectivity index (χ3n) is 3.40. The summed E-state index contributed by atoms with van der Waals surface area (Å²) in [6.07, 6.45) is 1.93. The summed E-state index contributed by atoms with van der Waals surface area (Å²) in [5, 5.41) is 11.8. The quantitative estimate of drug-likeness (QED) is 0.714. The van der Waals surface area contributed by atoms with Gasteiger partial charge in [-0.25, -0.2) is 0 Å². The number of ether oxygens (including phenoxy) is 1. The van der Waals surface area contributed by atoms with Gasteiger partial charge < -0.3 is 15.2 Å². The minimum atomic E-state index is -0.776. The molecule has 0 aromatic heterocycles. The molecule has 2 N–H and O–H groups in total. The van der Waals surface area contributed by atoms with E-state index in [2.05, 4.69) is 24.1 Å². The second-order valence-corrected chi connectivity index (χ2v) is 4.67.